The lowest BCUT2D eigenvalue weighted by molar-refractivity contribution is -0.139. The number of ether oxygens (including phenoxy) is 2. The maximum atomic E-state index is 11.6. The van der Waals surface area contributed by atoms with Crippen molar-refractivity contribution in [2.45, 2.75) is 23.7 Å². The number of phenols is 1. The highest BCUT2D eigenvalue weighted by molar-refractivity contribution is 8.00. The minimum Gasteiger partial charge on any atom is -0.508 e. The smallest absolute Gasteiger partial charge is 0.316 e. The van der Waals surface area contributed by atoms with Crippen LogP contribution >= 0.6 is 11.8 Å². The molecule has 4 nitrogen and oxygen atoms in total. The summed E-state index contributed by atoms with van der Waals surface area (Å²) in [5, 5.41) is 10.1. The lowest BCUT2D eigenvalue weighted by Gasteiger charge is -2.34. The molecule has 5 heteroatoms. The van der Waals surface area contributed by atoms with Crippen LogP contribution in [0.1, 0.15) is 35.4 Å². The molecule has 30 heavy (non-hydrogen) atoms. The summed E-state index contributed by atoms with van der Waals surface area (Å²) < 4.78 is 11.0. The summed E-state index contributed by atoms with van der Waals surface area (Å²) in [5.74, 6) is 1.34. The average molecular weight is 421 g/mol. The van der Waals surface area contributed by atoms with Gasteiger partial charge in [-0.1, -0.05) is 42.5 Å². The highest BCUT2D eigenvalue weighted by Crippen LogP contribution is 2.47. The van der Waals surface area contributed by atoms with Crippen molar-refractivity contribution in [1.82, 2.24) is 0 Å². The highest BCUT2D eigenvalue weighted by atomic mass is 32.2. The maximum absolute atomic E-state index is 11.6. The minimum atomic E-state index is -0.204. The van der Waals surface area contributed by atoms with E-state index in [1.807, 2.05) is 43.3 Å². The molecule has 0 amide bonds. The molecule has 3 aromatic carbocycles. The van der Waals surface area contributed by atoms with Crippen LogP contribution in [0, 0.1) is 0 Å². The molecule has 0 fully saturated rings. The Kier molecular flexibility index (Phi) is 6.29. The van der Waals surface area contributed by atoms with Gasteiger partial charge in [-0.2, -0.15) is 0 Å². The molecule has 4 rings (SSSR count). The molecule has 3 aromatic rings. The number of fused-ring (bicyclic) bond motifs is 1. The van der Waals surface area contributed by atoms with Crippen molar-refractivity contribution in [2.75, 3.05) is 19.0 Å². The second-order valence-electron chi connectivity index (χ2n) is 7.19. The monoisotopic (exact) mass is 420 g/mol. The number of esters is 1. The number of carbonyl (C=O) groups excluding carboxylic acids is 1. The number of benzene rings is 3. The zero-order chi connectivity index (χ0) is 20.9. The van der Waals surface area contributed by atoms with Crippen molar-refractivity contribution < 1.29 is 19.4 Å². The van der Waals surface area contributed by atoms with Gasteiger partial charge in [-0.25, -0.2) is 0 Å². The van der Waals surface area contributed by atoms with E-state index in [0.717, 1.165) is 21.8 Å². The van der Waals surface area contributed by atoms with Crippen molar-refractivity contribution in [3.05, 3.63) is 89.5 Å². The zero-order valence-electron chi connectivity index (χ0n) is 16.8. The molecule has 0 aliphatic carbocycles. The van der Waals surface area contributed by atoms with Gasteiger partial charge in [-0.05, 0) is 48.4 Å². The fourth-order valence-corrected chi connectivity index (χ4v) is 4.62. The number of hydrogen-bond donors (Lipinski definition) is 1. The maximum Gasteiger partial charge on any atom is 0.316 e. The first-order chi connectivity index (χ1) is 14.7. The van der Waals surface area contributed by atoms with Crippen LogP contribution in [0.15, 0.2) is 77.7 Å². The first kappa shape index (κ1) is 20.4. The third-order valence-corrected chi connectivity index (χ3v) is 6.26. The van der Waals surface area contributed by atoms with Crippen LogP contribution in [0.5, 0.6) is 11.5 Å². The van der Waals surface area contributed by atoms with Crippen LogP contribution in [0.4, 0.5) is 0 Å². The van der Waals surface area contributed by atoms with Crippen molar-refractivity contribution in [1.29, 1.82) is 0 Å². The van der Waals surface area contributed by atoms with E-state index in [-0.39, 0.29) is 23.6 Å². The molecule has 2 atom stereocenters. The molecule has 0 unspecified atom stereocenters. The largest absolute Gasteiger partial charge is 0.508 e. The standard InChI is InChI=1S/C25H24O4S/c1-2-28-24(27)16-30-20-11-8-18(9-12-20)25-21-14-19(26)10-13-23(21)29-15-22(25)17-6-4-3-5-7-17/h3-14,22,25-26H,2,15-16H2,1H3/t22-,25-/m1/s1. The van der Waals surface area contributed by atoms with E-state index in [1.165, 1.54) is 17.3 Å². The molecule has 0 aromatic heterocycles. The first-order valence-corrected chi connectivity index (χ1v) is 11.0. The van der Waals surface area contributed by atoms with Crippen LogP contribution in [-0.4, -0.2) is 30.0 Å². The number of aromatic hydroxyl groups is 1. The Balaban J connectivity index is 1.65. The van der Waals surface area contributed by atoms with E-state index in [4.69, 9.17) is 9.47 Å². The Hall–Kier alpha value is -2.92. The lowest BCUT2D eigenvalue weighted by Crippen LogP contribution is -2.25. The minimum absolute atomic E-state index is 0.0624. The molecule has 1 heterocycles. The van der Waals surface area contributed by atoms with Crippen molar-refractivity contribution in [3.63, 3.8) is 0 Å². The van der Waals surface area contributed by atoms with Gasteiger partial charge in [0.05, 0.1) is 19.0 Å². The molecular formula is C25H24O4S. The van der Waals surface area contributed by atoms with Gasteiger partial charge in [0.25, 0.3) is 0 Å². The predicted molar refractivity (Wildman–Crippen MR) is 118 cm³/mol. The molecule has 0 radical (unpaired) electrons. The number of phenolic OH excluding ortho intramolecular Hbond substituents is 1. The van der Waals surface area contributed by atoms with Crippen LogP contribution in [0.3, 0.4) is 0 Å². The van der Waals surface area contributed by atoms with Crippen molar-refractivity contribution in [2.24, 2.45) is 0 Å². The van der Waals surface area contributed by atoms with Crippen LogP contribution in [0.25, 0.3) is 0 Å². The van der Waals surface area contributed by atoms with Gasteiger partial charge >= 0.3 is 5.97 Å². The molecule has 0 spiro atoms. The number of rotatable bonds is 6. The Morgan fingerprint density at radius 2 is 1.83 bits per heavy atom. The summed E-state index contributed by atoms with van der Waals surface area (Å²) in [6.07, 6.45) is 0. The summed E-state index contributed by atoms with van der Waals surface area (Å²) in [6, 6.07) is 23.9. The number of thioether (sulfide) groups is 1. The summed E-state index contributed by atoms with van der Waals surface area (Å²) in [7, 11) is 0. The average Bonchev–Trinajstić information content (AvgIpc) is 2.78. The molecule has 1 aliphatic heterocycles. The van der Waals surface area contributed by atoms with E-state index in [1.54, 1.807) is 12.1 Å². The molecule has 154 valence electrons. The molecule has 0 bridgehead atoms. The molecule has 1 N–H and O–H groups in total. The quantitative estimate of drug-likeness (QED) is 0.430. The SMILES string of the molecule is CCOC(=O)CSc1ccc([C@@H]2c3cc(O)ccc3OC[C@@H]2c2ccccc2)cc1. The zero-order valence-corrected chi connectivity index (χ0v) is 17.6. The molecular weight excluding hydrogens is 396 g/mol. The van der Waals surface area contributed by atoms with E-state index < -0.39 is 0 Å². The van der Waals surface area contributed by atoms with E-state index in [0.29, 0.717) is 19.0 Å². The second kappa shape index (κ2) is 9.26. The van der Waals surface area contributed by atoms with Gasteiger partial charge in [-0.15, -0.1) is 11.8 Å². The number of hydrogen-bond acceptors (Lipinski definition) is 5. The third-order valence-electron chi connectivity index (χ3n) is 5.28. The van der Waals surface area contributed by atoms with E-state index in [9.17, 15) is 9.90 Å². The van der Waals surface area contributed by atoms with Crippen molar-refractivity contribution >= 4 is 17.7 Å². The van der Waals surface area contributed by atoms with Crippen LogP contribution < -0.4 is 4.74 Å². The summed E-state index contributed by atoms with van der Waals surface area (Å²) in [4.78, 5) is 12.6. The fraction of sp³-hybridized carbons (Fsp3) is 0.240. The Bertz CT molecular complexity index is 1000. The van der Waals surface area contributed by atoms with Gasteiger partial charge in [-0.3, -0.25) is 4.79 Å². The Morgan fingerprint density at radius 1 is 1.07 bits per heavy atom. The van der Waals surface area contributed by atoms with Crippen molar-refractivity contribution in [3.8, 4) is 11.5 Å². The van der Waals surface area contributed by atoms with Gasteiger partial charge in [0.15, 0.2) is 0 Å². The van der Waals surface area contributed by atoms with Gasteiger partial charge in [0, 0.05) is 22.3 Å². The third kappa shape index (κ3) is 4.46. The Labute approximate surface area is 180 Å². The topological polar surface area (TPSA) is 55.8 Å². The highest BCUT2D eigenvalue weighted by Gasteiger charge is 2.33. The van der Waals surface area contributed by atoms with E-state index in [2.05, 4.69) is 24.3 Å². The lowest BCUT2D eigenvalue weighted by atomic mass is 9.76. The van der Waals surface area contributed by atoms with Crippen LogP contribution in [-0.2, 0) is 9.53 Å². The molecule has 0 saturated carbocycles. The molecule has 1 aliphatic rings. The predicted octanol–water partition coefficient (Wildman–Crippen LogP) is 5.36. The normalized spacial score (nSPS) is 17.6. The summed E-state index contributed by atoms with van der Waals surface area (Å²) in [6.45, 7) is 2.78. The van der Waals surface area contributed by atoms with E-state index >= 15 is 0 Å². The second-order valence-corrected chi connectivity index (χ2v) is 8.24. The fourth-order valence-electron chi connectivity index (χ4n) is 3.92. The Morgan fingerprint density at radius 3 is 2.57 bits per heavy atom. The summed E-state index contributed by atoms with van der Waals surface area (Å²) in [5.41, 5.74) is 3.35. The van der Waals surface area contributed by atoms with Gasteiger partial charge in [0.2, 0.25) is 0 Å². The van der Waals surface area contributed by atoms with Gasteiger partial charge in [0.1, 0.15) is 11.5 Å². The first-order valence-electron chi connectivity index (χ1n) is 10.0. The van der Waals surface area contributed by atoms with Gasteiger partial charge < -0.3 is 14.6 Å². The number of carbonyl (C=O) groups is 1. The molecule has 0 saturated heterocycles. The summed E-state index contributed by atoms with van der Waals surface area (Å²) >= 11 is 1.47. The van der Waals surface area contributed by atoms with Crippen LogP contribution in [0.2, 0.25) is 0 Å².